The van der Waals surface area contributed by atoms with E-state index >= 15 is 0 Å². The topological polar surface area (TPSA) is 0 Å². The van der Waals surface area contributed by atoms with Crippen molar-refractivity contribution in [2.75, 3.05) is 5.88 Å². The molecule has 0 saturated heterocycles. The molecule has 0 bridgehead atoms. The van der Waals surface area contributed by atoms with Gasteiger partial charge < -0.3 is 0 Å². The summed E-state index contributed by atoms with van der Waals surface area (Å²) in [5, 5.41) is 1.38. The molecular formula is C11H21ClSi-. The van der Waals surface area contributed by atoms with Gasteiger partial charge in [0.15, 0.2) is 0 Å². The molecule has 0 aromatic carbocycles. The molecule has 0 spiro atoms. The quantitative estimate of drug-likeness (QED) is 0.351. The molecule has 0 saturated carbocycles. The Labute approximate surface area is 88.7 Å². The molecule has 0 aromatic rings. The number of alkyl halides is 1. The molecule has 0 aliphatic carbocycles. The maximum atomic E-state index is 5.72. The molecule has 0 nitrogen and oxygen atoms in total. The summed E-state index contributed by atoms with van der Waals surface area (Å²) < 4.78 is 0. The van der Waals surface area contributed by atoms with Crippen molar-refractivity contribution in [1.29, 1.82) is 0 Å². The smallest absolute Gasteiger partial charge is 0.0196 e. The van der Waals surface area contributed by atoms with E-state index in [-0.39, 0.29) is 0 Å². The molecule has 0 heterocycles. The van der Waals surface area contributed by atoms with E-state index in [0.29, 0.717) is 0 Å². The van der Waals surface area contributed by atoms with Gasteiger partial charge in [-0.25, -0.2) is 5.20 Å². The molecule has 0 aromatic heterocycles. The minimum absolute atomic E-state index is 0.770. The van der Waals surface area contributed by atoms with E-state index in [2.05, 4.69) is 33.6 Å². The lowest BCUT2D eigenvalue weighted by molar-refractivity contribution is 1.04. The zero-order chi connectivity index (χ0) is 10.5. The largest absolute Gasteiger partial charge is 0.216 e. The fourth-order valence-corrected chi connectivity index (χ4v) is 5.13. The van der Waals surface area contributed by atoms with Crippen LogP contribution in [0.1, 0.15) is 20.3 Å². The Bertz CT molecular complexity index is 198. The fourth-order valence-electron chi connectivity index (χ4n) is 1.58. The van der Waals surface area contributed by atoms with Crippen LogP contribution < -0.4 is 0 Å². The van der Waals surface area contributed by atoms with Crippen molar-refractivity contribution in [3.63, 3.8) is 0 Å². The maximum absolute atomic E-state index is 5.72. The number of allylic oxidation sites excluding steroid dienone is 2. The first-order valence-corrected chi connectivity index (χ1v) is 8.23. The summed E-state index contributed by atoms with van der Waals surface area (Å²) in [5.41, 5.74) is 1.28. The van der Waals surface area contributed by atoms with Crippen LogP contribution in [0.2, 0.25) is 18.6 Å². The van der Waals surface area contributed by atoms with Crippen molar-refractivity contribution in [3.8, 4) is 0 Å². The maximum Gasteiger partial charge on any atom is 0.0196 e. The highest BCUT2D eigenvalue weighted by atomic mass is 35.5. The van der Waals surface area contributed by atoms with E-state index in [0.717, 1.165) is 12.3 Å². The Kier molecular flexibility index (Phi) is 5.66. The van der Waals surface area contributed by atoms with Gasteiger partial charge in [0.1, 0.15) is 0 Å². The Morgan fingerprint density at radius 2 is 1.85 bits per heavy atom. The van der Waals surface area contributed by atoms with Crippen molar-refractivity contribution >= 4 is 19.7 Å². The van der Waals surface area contributed by atoms with Crippen LogP contribution in [0.25, 0.3) is 0 Å². The predicted octanol–water partition coefficient (Wildman–Crippen LogP) is 4.39. The lowest BCUT2D eigenvalue weighted by atomic mass is 10.4. The highest BCUT2D eigenvalue weighted by Gasteiger charge is 2.14. The zero-order valence-electron chi connectivity index (χ0n) is 9.12. The molecule has 1 unspecified atom stereocenters. The van der Waals surface area contributed by atoms with Crippen LogP contribution >= 0.6 is 11.6 Å². The Balaban J connectivity index is 4.34. The highest BCUT2D eigenvalue weighted by Crippen LogP contribution is 2.27. The Morgan fingerprint density at radius 3 is 2.15 bits per heavy atom. The molecule has 0 aliphatic heterocycles. The van der Waals surface area contributed by atoms with Crippen LogP contribution in [0.5, 0.6) is 0 Å². The van der Waals surface area contributed by atoms with Crippen molar-refractivity contribution in [3.05, 3.63) is 23.9 Å². The molecule has 2 heteroatoms. The monoisotopic (exact) mass is 216 g/mol. The van der Waals surface area contributed by atoms with Gasteiger partial charge in [0, 0.05) is 5.88 Å². The first-order valence-electron chi connectivity index (χ1n) is 4.79. The number of hydrogen-bond donors (Lipinski definition) is 0. The van der Waals surface area contributed by atoms with Crippen molar-refractivity contribution < 1.29 is 0 Å². The van der Waals surface area contributed by atoms with Gasteiger partial charge in [-0.05, 0) is 6.92 Å². The predicted molar refractivity (Wildman–Crippen MR) is 66.2 cm³/mol. The van der Waals surface area contributed by atoms with Crippen LogP contribution in [0.3, 0.4) is 0 Å². The van der Waals surface area contributed by atoms with Crippen LogP contribution in [0.15, 0.2) is 23.9 Å². The van der Waals surface area contributed by atoms with E-state index in [9.17, 15) is 0 Å². The first kappa shape index (κ1) is 13.0. The van der Waals surface area contributed by atoms with E-state index in [1.165, 1.54) is 22.9 Å². The molecule has 0 aliphatic rings. The molecule has 0 amide bonds. The van der Waals surface area contributed by atoms with Crippen LogP contribution in [0.4, 0.5) is 0 Å². The second-order valence-corrected chi connectivity index (χ2v) is 9.47. The normalized spacial score (nSPS) is 15.1. The van der Waals surface area contributed by atoms with E-state index in [4.69, 9.17) is 11.6 Å². The van der Waals surface area contributed by atoms with E-state index in [1.54, 1.807) is 0 Å². The lowest BCUT2D eigenvalue weighted by Crippen LogP contribution is -2.31. The van der Waals surface area contributed by atoms with Crippen LogP contribution in [-0.4, -0.2) is 14.0 Å². The van der Waals surface area contributed by atoms with Crippen LogP contribution in [0, 0.1) is 0 Å². The van der Waals surface area contributed by atoms with Crippen molar-refractivity contribution in [2.45, 2.75) is 38.9 Å². The summed E-state index contributed by atoms with van der Waals surface area (Å²) >= 11 is 5.72. The summed E-state index contributed by atoms with van der Waals surface area (Å²) in [4.78, 5) is 0. The molecule has 0 fully saturated rings. The Hall–Kier alpha value is -0.0131. The average molecular weight is 217 g/mol. The number of rotatable bonds is 6. The lowest BCUT2D eigenvalue weighted by Gasteiger charge is -2.40. The van der Waals surface area contributed by atoms with Gasteiger partial charge in [0.25, 0.3) is 0 Å². The van der Waals surface area contributed by atoms with E-state index < -0.39 is 8.07 Å². The SMILES string of the molecule is C=C(C)C[Si-](C)(CCCCl)C(=C)C. The highest BCUT2D eigenvalue weighted by molar-refractivity contribution is 6.85. The van der Waals surface area contributed by atoms with Crippen molar-refractivity contribution in [2.24, 2.45) is 0 Å². The standard InChI is InChI=1S/C11H21ClSi/c1-10(2)9-13(5,11(3)4)8-6-7-12/h1,3,6-9H2,2,4-5H3/q-1. The third-order valence-corrected chi connectivity index (χ3v) is 7.75. The van der Waals surface area contributed by atoms with Gasteiger partial charge in [0.05, 0.1) is 0 Å². The number of halogens is 1. The average Bonchev–Trinajstić information content (AvgIpc) is 1.99. The minimum atomic E-state index is -1.29. The molecular weight excluding hydrogens is 196 g/mol. The third-order valence-electron chi connectivity index (χ3n) is 2.58. The second kappa shape index (κ2) is 5.66. The van der Waals surface area contributed by atoms with Gasteiger partial charge >= 0.3 is 0 Å². The molecule has 1 atom stereocenters. The summed E-state index contributed by atoms with van der Waals surface area (Å²) in [7, 11) is -1.29. The summed E-state index contributed by atoms with van der Waals surface area (Å²) in [6.07, 6.45) is 1.12. The number of hydrogen-bond acceptors (Lipinski definition) is 0. The van der Waals surface area contributed by atoms with Crippen molar-refractivity contribution in [1.82, 2.24) is 0 Å². The van der Waals surface area contributed by atoms with Crippen LogP contribution in [-0.2, 0) is 0 Å². The van der Waals surface area contributed by atoms with E-state index in [1.807, 2.05) is 0 Å². The molecule has 13 heavy (non-hydrogen) atoms. The van der Waals surface area contributed by atoms with Gasteiger partial charge in [-0.15, -0.1) is 44.4 Å². The van der Waals surface area contributed by atoms with Gasteiger partial charge in [-0.3, -0.25) is 0 Å². The molecule has 0 rings (SSSR count). The summed E-state index contributed by atoms with van der Waals surface area (Å²) in [6.45, 7) is 14.7. The fraction of sp³-hybridized carbons (Fsp3) is 0.636. The third kappa shape index (κ3) is 4.68. The zero-order valence-corrected chi connectivity index (χ0v) is 10.9. The molecule has 0 radical (unpaired) electrons. The Morgan fingerprint density at radius 1 is 1.31 bits per heavy atom. The van der Waals surface area contributed by atoms with Gasteiger partial charge in [-0.1, -0.05) is 13.3 Å². The summed E-state index contributed by atoms with van der Waals surface area (Å²) in [5.74, 6) is 0.770. The summed E-state index contributed by atoms with van der Waals surface area (Å²) in [6, 6.07) is 2.41. The minimum Gasteiger partial charge on any atom is -0.216 e. The van der Waals surface area contributed by atoms with Gasteiger partial charge in [-0.2, -0.15) is 12.6 Å². The first-order chi connectivity index (χ1) is 5.92. The molecule has 77 valence electrons. The molecule has 0 N–H and O–H groups in total. The van der Waals surface area contributed by atoms with Gasteiger partial charge in [0.2, 0.25) is 0 Å². The second-order valence-electron chi connectivity index (χ2n) is 4.27.